The zero-order chi connectivity index (χ0) is 22.8. The third-order valence-electron chi connectivity index (χ3n) is 5.68. The van der Waals surface area contributed by atoms with Gasteiger partial charge in [0.05, 0.1) is 34.9 Å². The summed E-state index contributed by atoms with van der Waals surface area (Å²) in [7, 11) is 0. The lowest BCUT2D eigenvalue weighted by Crippen LogP contribution is -2.42. The predicted octanol–water partition coefficient (Wildman–Crippen LogP) is 3.89. The molecule has 4 rings (SSSR count). The largest absolute Gasteiger partial charge is 0.507 e. The van der Waals surface area contributed by atoms with Crippen molar-refractivity contribution in [2.24, 2.45) is 0 Å². The van der Waals surface area contributed by atoms with Crippen LogP contribution in [-0.4, -0.2) is 66.0 Å². The molecule has 9 heteroatoms. The number of ether oxygens (including phenoxy) is 1. The van der Waals surface area contributed by atoms with E-state index in [0.717, 1.165) is 13.1 Å². The second kappa shape index (κ2) is 9.58. The van der Waals surface area contributed by atoms with E-state index < -0.39 is 23.5 Å². The molecule has 6 nitrogen and oxygen atoms in total. The van der Waals surface area contributed by atoms with E-state index in [9.17, 15) is 19.1 Å². The number of rotatable bonds is 5. The molecule has 0 saturated carbocycles. The van der Waals surface area contributed by atoms with Crippen molar-refractivity contribution in [3.63, 3.8) is 0 Å². The van der Waals surface area contributed by atoms with Gasteiger partial charge < -0.3 is 14.7 Å². The van der Waals surface area contributed by atoms with Crippen molar-refractivity contribution in [1.82, 2.24) is 9.80 Å². The molecule has 0 spiro atoms. The first kappa shape index (κ1) is 22.7. The summed E-state index contributed by atoms with van der Waals surface area (Å²) >= 11 is 12.3. The van der Waals surface area contributed by atoms with Crippen molar-refractivity contribution < 1.29 is 23.8 Å². The van der Waals surface area contributed by atoms with E-state index in [0.29, 0.717) is 30.3 Å². The summed E-state index contributed by atoms with van der Waals surface area (Å²) in [5, 5.41) is 11.6. The Hall–Kier alpha value is -2.45. The lowest BCUT2D eigenvalue weighted by molar-refractivity contribution is -0.140. The van der Waals surface area contributed by atoms with Crippen LogP contribution in [0.1, 0.15) is 17.2 Å². The number of Topliss-reactive ketones (excluding diaryl/α,β-unsaturated/α-hetero) is 1. The first-order valence-corrected chi connectivity index (χ1v) is 10.9. The number of amides is 1. The number of likely N-dealkylation sites (tertiary alicyclic amines) is 1. The van der Waals surface area contributed by atoms with Crippen LogP contribution in [0.25, 0.3) is 5.76 Å². The Morgan fingerprint density at radius 2 is 1.72 bits per heavy atom. The maximum absolute atomic E-state index is 13.4. The molecule has 0 aliphatic carbocycles. The molecule has 2 heterocycles. The minimum atomic E-state index is -0.851. The van der Waals surface area contributed by atoms with E-state index in [4.69, 9.17) is 27.9 Å². The number of hydrogen-bond acceptors (Lipinski definition) is 5. The molecule has 1 amide bonds. The Morgan fingerprint density at radius 3 is 2.38 bits per heavy atom. The summed E-state index contributed by atoms with van der Waals surface area (Å²) in [6, 6.07) is 9.06. The molecule has 2 aliphatic heterocycles. The normalized spacial score (nSPS) is 21.3. The van der Waals surface area contributed by atoms with Gasteiger partial charge >= 0.3 is 0 Å². The highest BCUT2D eigenvalue weighted by atomic mass is 35.5. The van der Waals surface area contributed by atoms with Gasteiger partial charge in [0.25, 0.3) is 11.7 Å². The van der Waals surface area contributed by atoms with Gasteiger partial charge in [-0.15, -0.1) is 0 Å². The molecular formula is C23H21Cl2FN2O4. The van der Waals surface area contributed by atoms with Gasteiger partial charge in [0.15, 0.2) is 0 Å². The number of morpholine rings is 1. The SMILES string of the molecule is O=C1C(=O)N(CCN2CCOCC2)[C@H](c2ccc(Cl)c(Cl)c2)/C1=C(\O)c1ccc(F)cc1. The quantitative estimate of drug-likeness (QED) is 0.401. The van der Waals surface area contributed by atoms with Gasteiger partial charge in [-0.05, 0) is 42.0 Å². The van der Waals surface area contributed by atoms with Gasteiger partial charge in [-0.2, -0.15) is 0 Å². The molecule has 2 aromatic carbocycles. The van der Waals surface area contributed by atoms with Crippen LogP contribution < -0.4 is 0 Å². The molecule has 168 valence electrons. The van der Waals surface area contributed by atoms with E-state index >= 15 is 0 Å². The Kier molecular flexibility index (Phi) is 6.81. The summed E-state index contributed by atoms with van der Waals surface area (Å²) < 4.78 is 18.7. The molecule has 0 unspecified atom stereocenters. The van der Waals surface area contributed by atoms with Gasteiger partial charge in [0.1, 0.15) is 11.6 Å². The monoisotopic (exact) mass is 478 g/mol. The van der Waals surface area contributed by atoms with Crippen LogP contribution in [0.4, 0.5) is 4.39 Å². The van der Waals surface area contributed by atoms with Crippen molar-refractivity contribution in [2.45, 2.75) is 6.04 Å². The zero-order valence-corrected chi connectivity index (χ0v) is 18.6. The average molecular weight is 479 g/mol. The van der Waals surface area contributed by atoms with Crippen molar-refractivity contribution in [2.75, 3.05) is 39.4 Å². The molecule has 1 atom stereocenters. The summed E-state index contributed by atoms with van der Waals surface area (Å²) in [6.45, 7) is 3.51. The predicted molar refractivity (Wildman–Crippen MR) is 119 cm³/mol. The van der Waals surface area contributed by atoms with Gasteiger partial charge in [0, 0.05) is 31.7 Å². The summed E-state index contributed by atoms with van der Waals surface area (Å²) in [5.41, 5.74) is 0.717. The standard InChI is InChI=1S/C23H21Cl2FN2O4/c24-17-6-3-15(13-18(17)25)20-19(21(29)14-1-4-16(26)5-2-14)22(30)23(31)28(20)8-7-27-9-11-32-12-10-27/h1-6,13,20,29H,7-12H2/b21-19+/t20-/m1/s1. The summed E-state index contributed by atoms with van der Waals surface area (Å²) in [4.78, 5) is 29.6. The fraction of sp³-hybridized carbons (Fsp3) is 0.304. The number of nitrogens with zero attached hydrogens (tertiary/aromatic N) is 2. The maximum Gasteiger partial charge on any atom is 0.295 e. The number of hydrogen-bond donors (Lipinski definition) is 1. The lowest BCUT2D eigenvalue weighted by Gasteiger charge is -2.31. The number of aliphatic hydroxyl groups excluding tert-OH is 1. The second-order valence-electron chi connectivity index (χ2n) is 7.63. The van der Waals surface area contributed by atoms with Gasteiger partial charge in [0.2, 0.25) is 0 Å². The Bertz CT molecular complexity index is 1070. The smallest absolute Gasteiger partial charge is 0.295 e. The summed E-state index contributed by atoms with van der Waals surface area (Å²) in [5.74, 6) is -2.36. The van der Waals surface area contributed by atoms with Gasteiger partial charge in [-0.25, -0.2) is 4.39 Å². The minimum Gasteiger partial charge on any atom is -0.507 e. The van der Waals surface area contributed by atoms with E-state index in [-0.39, 0.29) is 28.5 Å². The van der Waals surface area contributed by atoms with Crippen LogP contribution in [0.2, 0.25) is 10.0 Å². The van der Waals surface area contributed by atoms with Crippen LogP contribution >= 0.6 is 23.2 Å². The van der Waals surface area contributed by atoms with Crippen LogP contribution in [-0.2, 0) is 14.3 Å². The molecule has 0 bridgehead atoms. The zero-order valence-electron chi connectivity index (χ0n) is 17.1. The summed E-state index contributed by atoms with van der Waals surface area (Å²) in [6.07, 6.45) is 0. The van der Waals surface area contributed by atoms with Crippen molar-refractivity contribution in [1.29, 1.82) is 0 Å². The van der Waals surface area contributed by atoms with Gasteiger partial charge in [-0.3, -0.25) is 14.5 Å². The topological polar surface area (TPSA) is 70.1 Å². The average Bonchev–Trinajstić information content (AvgIpc) is 3.05. The minimum absolute atomic E-state index is 0.0676. The number of benzene rings is 2. The number of carbonyl (C=O) groups is 2. The maximum atomic E-state index is 13.4. The van der Waals surface area contributed by atoms with Crippen LogP contribution in [0.5, 0.6) is 0 Å². The molecule has 32 heavy (non-hydrogen) atoms. The highest BCUT2D eigenvalue weighted by Crippen LogP contribution is 2.40. The fourth-order valence-corrected chi connectivity index (χ4v) is 4.28. The third-order valence-corrected chi connectivity index (χ3v) is 6.42. The molecule has 0 aromatic heterocycles. The van der Waals surface area contributed by atoms with Crippen LogP contribution in [0.3, 0.4) is 0 Å². The lowest BCUT2D eigenvalue weighted by atomic mass is 9.95. The Morgan fingerprint density at radius 1 is 1.03 bits per heavy atom. The highest BCUT2D eigenvalue weighted by Gasteiger charge is 2.46. The fourth-order valence-electron chi connectivity index (χ4n) is 3.98. The van der Waals surface area contributed by atoms with Crippen molar-refractivity contribution >= 4 is 40.7 Å². The second-order valence-corrected chi connectivity index (χ2v) is 8.44. The van der Waals surface area contributed by atoms with Crippen LogP contribution in [0.15, 0.2) is 48.0 Å². The van der Waals surface area contributed by atoms with Crippen molar-refractivity contribution in [3.05, 3.63) is 75.0 Å². The highest BCUT2D eigenvalue weighted by molar-refractivity contribution is 6.46. The number of aliphatic hydroxyl groups is 1. The molecule has 2 fully saturated rings. The van der Waals surface area contributed by atoms with Crippen molar-refractivity contribution in [3.8, 4) is 0 Å². The molecule has 2 saturated heterocycles. The van der Waals surface area contributed by atoms with E-state index in [1.807, 2.05) is 0 Å². The van der Waals surface area contributed by atoms with E-state index in [2.05, 4.69) is 4.90 Å². The molecule has 1 N–H and O–H groups in total. The molecular weight excluding hydrogens is 458 g/mol. The Labute approximate surface area is 194 Å². The Balaban J connectivity index is 1.75. The molecule has 2 aliphatic rings. The number of carbonyl (C=O) groups excluding carboxylic acids is 2. The van der Waals surface area contributed by atoms with Gasteiger partial charge in [-0.1, -0.05) is 29.3 Å². The number of halogens is 3. The molecule has 2 aromatic rings. The van der Waals surface area contributed by atoms with Crippen LogP contribution in [0, 0.1) is 5.82 Å². The molecule has 0 radical (unpaired) electrons. The first-order chi connectivity index (χ1) is 15.4. The van der Waals surface area contributed by atoms with E-state index in [1.54, 1.807) is 18.2 Å². The first-order valence-electron chi connectivity index (χ1n) is 10.2. The van der Waals surface area contributed by atoms with E-state index in [1.165, 1.54) is 29.2 Å². The number of ketones is 1. The third kappa shape index (κ3) is 4.52.